The van der Waals surface area contributed by atoms with Crippen molar-refractivity contribution in [3.8, 4) is 23.0 Å². The molecular formula is C51H76N4O9S2. The summed E-state index contributed by atoms with van der Waals surface area (Å²) in [5.41, 5.74) is 0.736. The van der Waals surface area contributed by atoms with Crippen molar-refractivity contribution < 1.29 is 44.2 Å². The molecule has 15 heteroatoms. The van der Waals surface area contributed by atoms with Crippen LogP contribution in [0.15, 0.2) is 47.5 Å². The van der Waals surface area contributed by atoms with Crippen LogP contribution in [-0.4, -0.2) is 103 Å². The lowest BCUT2D eigenvalue weighted by molar-refractivity contribution is -0.125. The zero-order valence-corrected chi connectivity index (χ0v) is 41.3. The maximum atomic E-state index is 15.3. The molecule has 0 aromatic heterocycles. The number of phenols is 2. The van der Waals surface area contributed by atoms with Crippen molar-refractivity contribution in [2.45, 2.75) is 133 Å². The summed E-state index contributed by atoms with van der Waals surface area (Å²) in [6.07, 6.45) is 17.2. The Labute approximate surface area is 400 Å². The number of fused-ring (bicyclic) bond motifs is 4. The molecule has 4 aliphatic rings. The highest BCUT2D eigenvalue weighted by Crippen LogP contribution is 2.55. The number of ether oxygens (including phenoxy) is 3. The zero-order chi connectivity index (χ0) is 47.2. The maximum Gasteiger partial charge on any atom is 0.196 e. The third-order valence-corrected chi connectivity index (χ3v) is 17.4. The monoisotopic (exact) mass is 953 g/mol. The summed E-state index contributed by atoms with van der Waals surface area (Å²) in [6, 6.07) is 9.53. The Hall–Kier alpha value is -3.47. The average Bonchev–Trinajstić information content (AvgIpc) is 4.07. The standard InChI is InChI=1S/C51H76N4O9S2/c1-5-35(18-24-57)11-13-38-14-16-45(59)51(31-36-12-15-42(58)43(26-36)62-4)21-8-10-39(51)32-65-66-34-54-48(53-3)55-41-28-40(50(38)19-6-7-20-50)29-44(47(41)61)64-49(33-52-2)22-17-37(30-49)27-46(60)63-25-9-23-56/h12,14-16,24,26,28-29,35,37-39,46,52,56,58,60-61H,5-11,13,17-23,25,27,30-34H2,1-4H3,(H2,53,54,55)/b16-14-/t35-,37-,38-,39+,46-,49-,51-/m1/s1. The number of nitrogens with zero attached hydrogens (tertiary/aromatic N) is 1. The second-order valence-electron chi connectivity index (χ2n) is 19.2. The predicted molar refractivity (Wildman–Crippen MR) is 266 cm³/mol. The van der Waals surface area contributed by atoms with Crippen LogP contribution in [0.2, 0.25) is 0 Å². The van der Waals surface area contributed by atoms with Crippen LogP contribution in [0.25, 0.3) is 0 Å². The minimum absolute atomic E-state index is 0.00374. The molecule has 2 aromatic rings. The number of methoxy groups -OCH3 is 1. The summed E-state index contributed by atoms with van der Waals surface area (Å²) in [4.78, 5) is 31.7. The number of allylic oxidation sites excluding steroid dienone is 2. The lowest BCUT2D eigenvalue weighted by atomic mass is 9.65. The van der Waals surface area contributed by atoms with Crippen molar-refractivity contribution in [3.63, 3.8) is 0 Å². The molecule has 0 saturated heterocycles. The van der Waals surface area contributed by atoms with Gasteiger partial charge in [-0.25, -0.2) is 0 Å². The van der Waals surface area contributed by atoms with E-state index in [0.29, 0.717) is 74.1 Å². The molecule has 7 atom stereocenters. The summed E-state index contributed by atoms with van der Waals surface area (Å²) in [5, 5.41) is 52.9. The molecule has 0 amide bonds. The number of aromatic hydroxyl groups is 2. The van der Waals surface area contributed by atoms with Gasteiger partial charge in [0.2, 0.25) is 0 Å². The number of rotatable bonds is 19. The van der Waals surface area contributed by atoms with Gasteiger partial charge < -0.3 is 55.4 Å². The number of carbonyl (C=O) groups excluding carboxylic acids is 2. The number of aliphatic hydroxyl groups is 2. The smallest absolute Gasteiger partial charge is 0.196 e. The molecule has 13 nitrogen and oxygen atoms in total. The van der Waals surface area contributed by atoms with E-state index in [2.05, 4.69) is 40.0 Å². The molecule has 3 aliphatic carbocycles. The van der Waals surface area contributed by atoms with Crippen molar-refractivity contribution in [1.29, 1.82) is 0 Å². The third-order valence-electron chi connectivity index (χ3n) is 15.2. The van der Waals surface area contributed by atoms with Crippen molar-refractivity contribution in [1.82, 2.24) is 10.6 Å². The van der Waals surface area contributed by atoms with Crippen LogP contribution < -0.4 is 25.4 Å². The number of likely N-dealkylation sites (N-methyl/N-ethyl adjacent to an activating group) is 1. The Morgan fingerprint density at radius 1 is 1.06 bits per heavy atom. The third kappa shape index (κ3) is 12.6. The zero-order valence-electron chi connectivity index (χ0n) is 39.7. The Morgan fingerprint density at radius 3 is 2.61 bits per heavy atom. The molecular weight excluding hydrogens is 877 g/mol. The van der Waals surface area contributed by atoms with Gasteiger partial charge in [0.25, 0.3) is 0 Å². The number of nitrogens with one attached hydrogen (secondary N) is 3. The molecule has 3 saturated carbocycles. The number of aliphatic hydroxyl groups excluding tert-OH is 2. The first-order chi connectivity index (χ1) is 32.0. The molecule has 0 radical (unpaired) electrons. The molecule has 1 spiro atoms. The Balaban J connectivity index is 1.45. The second-order valence-corrected chi connectivity index (χ2v) is 21.7. The Bertz CT molecular complexity index is 1960. The SMILES string of the molecule is CC[C@@H](CC=O)CC[C@@H]1/C=C\C(=O)[C@@]2(Cc3ccc(O)c(OC)c3)CCC[C@H]2CSSCNC(=NC)Nc2cc(cc(O[C@]3(CNC)CC[C@H](C[C@H](O)OCCCO)C3)c2O)C12CCCC2. The number of hydrogen-bond acceptors (Lipinski definition) is 13. The van der Waals surface area contributed by atoms with Crippen molar-refractivity contribution >= 4 is 45.3 Å². The number of aldehydes is 1. The molecule has 0 unspecified atom stereocenters. The van der Waals surface area contributed by atoms with Crippen LogP contribution in [0.3, 0.4) is 0 Å². The van der Waals surface area contributed by atoms with Gasteiger partial charge in [-0.1, -0.05) is 66.3 Å². The number of anilines is 1. The van der Waals surface area contributed by atoms with Gasteiger partial charge in [0, 0.05) is 49.6 Å². The lowest BCUT2D eigenvalue weighted by Gasteiger charge is -2.39. The van der Waals surface area contributed by atoms with Crippen LogP contribution in [0.1, 0.15) is 121 Å². The highest BCUT2D eigenvalue weighted by Gasteiger charge is 2.49. The van der Waals surface area contributed by atoms with Crippen LogP contribution in [-0.2, 0) is 26.2 Å². The van der Waals surface area contributed by atoms with Gasteiger partial charge in [-0.3, -0.25) is 9.79 Å². The fraction of sp³-hybridized carbons (Fsp3) is 0.667. The van der Waals surface area contributed by atoms with E-state index in [1.807, 2.05) is 31.3 Å². The quantitative estimate of drug-likeness (QED) is 0.0233. The van der Waals surface area contributed by atoms with E-state index in [1.165, 1.54) is 0 Å². The molecule has 2 bridgehead atoms. The number of carbonyl (C=O) groups is 2. The van der Waals surface area contributed by atoms with E-state index in [-0.39, 0.29) is 54.2 Å². The molecule has 1 heterocycles. The summed E-state index contributed by atoms with van der Waals surface area (Å²) in [7, 11) is 8.58. The Kier molecular flexibility index (Phi) is 19.4. The second kappa shape index (κ2) is 24.7. The van der Waals surface area contributed by atoms with Crippen LogP contribution in [0.5, 0.6) is 23.0 Å². The van der Waals surface area contributed by atoms with Gasteiger partial charge in [-0.15, -0.1) is 0 Å². The summed E-state index contributed by atoms with van der Waals surface area (Å²) in [5.74, 6) is 3.20. The number of benzene rings is 2. The first kappa shape index (κ1) is 51.9. The highest BCUT2D eigenvalue weighted by atomic mass is 33.1. The van der Waals surface area contributed by atoms with Gasteiger partial charge in [-0.2, -0.15) is 0 Å². The maximum absolute atomic E-state index is 15.3. The number of guanidine groups is 1. The number of phenolic OH excluding ortho intramolecular Hbond substituents is 2. The van der Waals surface area contributed by atoms with E-state index < -0.39 is 22.7 Å². The van der Waals surface area contributed by atoms with E-state index in [4.69, 9.17) is 14.2 Å². The summed E-state index contributed by atoms with van der Waals surface area (Å²) in [6.45, 7) is 2.96. The highest BCUT2D eigenvalue weighted by molar-refractivity contribution is 8.76. The lowest BCUT2D eigenvalue weighted by Crippen LogP contribution is -2.43. The number of aliphatic imine (C=N–C) groups is 1. The fourth-order valence-electron chi connectivity index (χ4n) is 11.6. The van der Waals surface area contributed by atoms with Crippen molar-refractivity contribution in [3.05, 3.63) is 53.6 Å². The molecule has 7 N–H and O–H groups in total. The van der Waals surface area contributed by atoms with Gasteiger partial charge in [-0.05, 0) is 143 Å². The molecule has 2 aromatic carbocycles. The number of ketones is 1. The molecule has 3 fully saturated rings. The summed E-state index contributed by atoms with van der Waals surface area (Å²) >= 11 is 0. The largest absolute Gasteiger partial charge is 0.504 e. The van der Waals surface area contributed by atoms with Gasteiger partial charge >= 0.3 is 0 Å². The first-order valence-corrected chi connectivity index (χ1v) is 26.8. The van der Waals surface area contributed by atoms with Gasteiger partial charge in [0.15, 0.2) is 41.0 Å². The van der Waals surface area contributed by atoms with E-state index >= 15 is 4.79 Å². The normalized spacial score (nSPS) is 27.7. The predicted octanol–water partition coefficient (Wildman–Crippen LogP) is 8.67. The molecule has 66 heavy (non-hydrogen) atoms. The van der Waals surface area contributed by atoms with E-state index in [1.54, 1.807) is 41.8 Å². The van der Waals surface area contributed by atoms with E-state index in [9.17, 15) is 25.2 Å². The van der Waals surface area contributed by atoms with Crippen molar-refractivity contribution in [2.24, 2.45) is 34.1 Å². The summed E-state index contributed by atoms with van der Waals surface area (Å²) < 4.78 is 18.2. The first-order valence-electron chi connectivity index (χ1n) is 24.3. The van der Waals surface area contributed by atoms with Gasteiger partial charge in [0.1, 0.15) is 11.9 Å². The van der Waals surface area contributed by atoms with Gasteiger partial charge in [0.05, 0.1) is 25.3 Å². The number of hydrogen-bond donors (Lipinski definition) is 7. The average molecular weight is 953 g/mol. The molecule has 366 valence electrons. The molecule has 6 rings (SSSR count). The minimum atomic E-state index is -0.941. The van der Waals surface area contributed by atoms with Crippen LogP contribution in [0, 0.1) is 29.1 Å². The molecule has 1 aliphatic heterocycles. The minimum Gasteiger partial charge on any atom is -0.504 e. The van der Waals surface area contributed by atoms with Crippen LogP contribution >= 0.6 is 21.6 Å². The fourth-order valence-corrected chi connectivity index (χ4v) is 13.8. The topological polar surface area (TPSA) is 191 Å². The van der Waals surface area contributed by atoms with E-state index in [0.717, 1.165) is 93.8 Å². The Morgan fingerprint density at radius 2 is 1.88 bits per heavy atom. The van der Waals surface area contributed by atoms with Crippen molar-refractivity contribution in [2.75, 3.05) is 57.9 Å². The van der Waals surface area contributed by atoms with Crippen LogP contribution in [0.4, 0.5) is 5.69 Å².